The number of pyridine rings is 1. The lowest BCUT2D eigenvalue weighted by molar-refractivity contribution is -0.128. The lowest BCUT2D eigenvalue weighted by Gasteiger charge is -2.33. The van der Waals surface area contributed by atoms with Gasteiger partial charge in [0.2, 0.25) is 5.91 Å². The van der Waals surface area contributed by atoms with Gasteiger partial charge in [0, 0.05) is 18.3 Å². The maximum absolute atomic E-state index is 12.5. The van der Waals surface area contributed by atoms with Gasteiger partial charge >= 0.3 is 0 Å². The summed E-state index contributed by atoms with van der Waals surface area (Å²) in [5.74, 6) is 0.0837. The van der Waals surface area contributed by atoms with Gasteiger partial charge in [-0.3, -0.25) is 9.78 Å². The molecule has 1 aromatic carbocycles. The molecule has 2 heterocycles. The Morgan fingerprint density at radius 2 is 2.17 bits per heavy atom. The molecule has 1 aliphatic heterocycles. The van der Waals surface area contributed by atoms with Crippen LogP contribution in [0, 0.1) is 0 Å². The summed E-state index contributed by atoms with van der Waals surface area (Å²) in [5.41, 5.74) is 2.67. The second kappa shape index (κ2) is 6.92. The molecule has 2 N–H and O–H groups in total. The first-order chi connectivity index (χ1) is 11.2. The number of hydrogen-bond acceptors (Lipinski definition) is 3. The molecule has 0 radical (unpaired) electrons. The highest BCUT2D eigenvalue weighted by Crippen LogP contribution is 2.20. The highest BCUT2D eigenvalue weighted by Gasteiger charge is 2.33. The van der Waals surface area contributed by atoms with E-state index in [4.69, 9.17) is 0 Å². The third-order valence-electron chi connectivity index (χ3n) is 4.46. The first kappa shape index (κ1) is 15.7. The number of piperidine rings is 1. The number of hydrogen-bond donors (Lipinski definition) is 2. The summed E-state index contributed by atoms with van der Waals surface area (Å²) in [7, 11) is 0. The third-order valence-corrected chi connectivity index (χ3v) is 4.46. The molecule has 3 rings (SSSR count). The van der Waals surface area contributed by atoms with Crippen LogP contribution in [0.4, 0.5) is 0 Å². The average Bonchev–Trinajstić information content (AvgIpc) is 2.61. The van der Waals surface area contributed by atoms with Gasteiger partial charge in [0.15, 0.2) is 0 Å². The number of nitrogens with zero attached hydrogens (tertiary/aromatic N) is 1. The maximum atomic E-state index is 12.5. The lowest BCUT2D eigenvalue weighted by atomic mass is 9.90. The summed E-state index contributed by atoms with van der Waals surface area (Å²) in [5, 5.41) is 6.41. The monoisotopic (exact) mass is 309 g/mol. The van der Waals surface area contributed by atoms with Gasteiger partial charge in [-0.15, -0.1) is 0 Å². The van der Waals surface area contributed by atoms with E-state index >= 15 is 0 Å². The molecule has 0 aliphatic carbocycles. The molecule has 1 aromatic heterocycles. The molecule has 0 bridgehead atoms. The van der Waals surface area contributed by atoms with Gasteiger partial charge in [-0.2, -0.15) is 0 Å². The molecule has 1 amide bonds. The number of carbonyl (C=O) groups is 1. The van der Waals surface area contributed by atoms with E-state index in [1.54, 1.807) is 6.20 Å². The Kier molecular flexibility index (Phi) is 4.72. The Hall–Kier alpha value is -2.20. The molecule has 1 fully saturated rings. The molecule has 4 nitrogen and oxygen atoms in total. The molecule has 1 atom stereocenters. The quantitative estimate of drug-likeness (QED) is 0.913. The number of benzene rings is 1. The molecular formula is C19H23N3O. The molecule has 4 heteroatoms. The normalized spacial score (nSPS) is 20.9. The summed E-state index contributed by atoms with van der Waals surface area (Å²) in [6.07, 6.45) is 4.94. The maximum Gasteiger partial charge on any atom is 0.240 e. The zero-order valence-corrected chi connectivity index (χ0v) is 13.5. The second-order valence-corrected chi connectivity index (χ2v) is 6.31. The van der Waals surface area contributed by atoms with Crippen LogP contribution in [-0.4, -0.2) is 23.0 Å². The van der Waals surface area contributed by atoms with E-state index in [0.717, 1.165) is 42.6 Å². The number of nitrogens with one attached hydrogen (secondary N) is 2. The Morgan fingerprint density at radius 1 is 1.26 bits per heavy atom. The second-order valence-electron chi connectivity index (χ2n) is 6.31. The van der Waals surface area contributed by atoms with Crippen molar-refractivity contribution in [3.63, 3.8) is 0 Å². The molecule has 0 spiro atoms. The van der Waals surface area contributed by atoms with Crippen molar-refractivity contribution in [3.05, 3.63) is 54.2 Å². The van der Waals surface area contributed by atoms with E-state index in [9.17, 15) is 4.79 Å². The highest BCUT2D eigenvalue weighted by atomic mass is 16.2. The van der Waals surface area contributed by atoms with Gasteiger partial charge in [-0.05, 0) is 56.5 Å². The molecular weight excluding hydrogens is 286 g/mol. The van der Waals surface area contributed by atoms with Crippen LogP contribution < -0.4 is 10.6 Å². The molecule has 2 aromatic rings. The van der Waals surface area contributed by atoms with Crippen LogP contribution in [-0.2, 0) is 11.3 Å². The lowest BCUT2D eigenvalue weighted by Crippen LogP contribution is -2.56. The van der Waals surface area contributed by atoms with Crippen molar-refractivity contribution in [3.8, 4) is 11.3 Å². The number of aromatic nitrogens is 1. The molecule has 120 valence electrons. The van der Waals surface area contributed by atoms with Crippen LogP contribution >= 0.6 is 0 Å². The van der Waals surface area contributed by atoms with Crippen molar-refractivity contribution >= 4 is 5.91 Å². The Labute approximate surface area is 137 Å². The van der Waals surface area contributed by atoms with E-state index in [1.165, 1.54) is 0 Å². The summed E-state index contributed by atoms with van der Waals surface area (Å²) >= 11 is 0. The van der Waals surface area contributed by atoms with Crippen LogP contribution in [0.1, 0.15) is 31.7 Å². The fourth-order valence-corrected chi connectivity index (χ4v) is 3.00. The van der Waals surface area contributed by atoms with Crippen LogP contribution in [0.3, 0.4) is 0 Å². The van der Waals surface area contributed by atoms with E-state index in [0.29, 0.717) is 6.54 Å². The predicted molar refractivity (Wildman–Crippen MR) is 91.8 cm³/mol. The third kappa shape index (κ3) is 3.77. The number of rotatable bonds is 4. The Balaban J connectivity index is 1.66. The molecule has 1 saturated heterocycles. The Morgan fingerprint density at radius 3 is 2.91 bits per heavy atom. The molecule has 1 unspecified atom stereocenters. The van der Waals surface area contributed by atoms with E-state index in [2.05, 4.69) is 21.7 Å². The molecule has 0 saturated carbocycles. The van der Waals surface area contributed by atoms with Gasteiger partial charge in [0.1, 0.15) is 0 Å². The van der Waals surface area contributed by atoms with Gasteiger partial charge in [0.05, 0.1) is 11.2 Å². The van der Waals surface area contributed by atoms with Crippen molar-refractivity contribution in [2.24, 2.45) is 0 Å². The number of carbonyl (C=O) groups excluding carboxylic acids is 1. The summed E-state index contributed by atoms with van der Waals surface area (Å²) in [6.45, 7) is 3.45. The zero-order chi connectivity index (χ0) is 16.1. The van der Waals surface area contributed by atoms with Crippen molar-refractivity contribution in [1.29, 1.82) is 0 Å². The van der Waals surface area contributed by atoms with Gasteiger partial charge in [-0.25, -0.2) is 0 Å². The van der Waals surface area contributed by atoms with Crippen molar-refractivity contribution in [1.82, 2.24) is 15.6 Å². The van der Waals surface area contributed by atoms with Gasteiger partial charge in [-0.1, -0.05) is 24.3 Å². The smallest absolute Gasteiger partial charge is 0.240 e. The predicted octanol–water partition coefficient (Wildman–Crippen LogP) is 2.90. The first-order valence-corrected chi connectivity index (χ1v) is 8.21. The van der Waals surface area contributed by atoms with Crippen molar-refractivity contribution < 1.29 is 4.79 Å². The zero-order valence-electron chi connectivity index (χ0n) is 13.5. The first-order valence-electron chi connectivity index (χ1n) is 8.21. The minimum atomic E-state index is -0.434. The highest BCUT2D eigenvalue weighted by molar-refractivity contribution is 5.86. The minimum absolute atomic E-state index is 0.0837. The number of amides is 1. The fraction of sp³-hybridized carbons (Fsp3) is 0.368. The van der Waals surface area contributed by atoms with Gasteiger partial charge < -0.3 is 10.6 Å². The van der Waals surface area contributed by atoms with Crippen LogP contribution in [0.15, 0.2) is 48.7 Å². The van der Waals surface area contributed by atoms with Crippen LogP contribution in [0.2, 0.25) is 0 Å². The standard InChI is InChI=1S/C19H23N3O/c1-19(10-3-5-12-22-19)18(23)21-14-15-7-6-8-16(13-15)17-9-2-4-11-20-17/h2,4,6-9,11,13,22H,3,5,10,12,14H2,1H3,(H,21,23). The van der Waals surface area contributed by atoms with Crippen molar-refractivity contribution in [2.45, 2.75) is 38.3 Å². The van der Waals surface area contributed by atoms with E-state index in [1.807, 2.05) is 43.3 Å². The summed E-state index contributed by atoms with van der Waals surface area (Å²) < 4.78 is 0. The van der Waals surface area contributed by atoms with E-state index < -0.39 is 5.54 Å². The summed E-state index contributed by atoms with van der Waals surface area (Å²) in [6, 6.07) is 14.0. The Bertz CT molecular complexity index is 663. The van der Waals surface area contributed by atoms with Crippen LogP contribution in [0.5, 0.6) is 0 Å². The van der Waals surface area contributed by atoms with Gasteiger partial charge in [0.25, 0.3) is 0 Å². The molecule has 23 heavy (non-hydrogen) atoms. The SMILES string of the molecule is CC1(C(=O)NCc2cccc(-c3ccccn3)c2)CCCCN1. The van der Waals surface area contributed by atoms with Crippen molar-refractivity contribution in [2.75, 3.05) is 6.54 Å². The van der Waals surface area contributed by atoms with Crippen LogP contribution in [0.25, 0.3) is 11.3 Å². The summed E-state index contributed by atoms with van der Waals surface area (Å²) in [4.78, 5) is 16.8. The largest absolute Gasteiger partial charge is 0.350 e. The molecule has 1 aliphatic rings. The van der Waals surface area contributed by atoms with E-state index in [-0.39, 0.29) is 5.91 Å². The average molecular weight is 309 g/mol. The minimum Gasteiger partial charge on any atom is -0.350 e. The fourth-order valence-electron chi connectivity index (χ4n) is 3.00. The topological polar surface area (TPSA) is 54.0 Å².